The van der Waals surface area contributed by atoms with Crippen LogP contribution in [0.25, 0.3) is 0 Å². The molecule has 0 radical (unpaired) electrons. The zero-order valence-electron chi connectivity index (χ0n) is 4.88. The zero-order valence-corrected chi connectivity index (χ0v) is 4.88. The topological polar surface area (TPSA) is 43.4 Å². The van der Waals surface area contributed by atoms with E-state index in [0.717, 1.165) is 0 Å². The normalized spacial score (nSPS) is 7.10. The van der Waals surface area contributed by atoms with Crippen LogP contribution in [-0.4, -0.2) is 93.4 Å². The van der Waals surface area contributed by atoms with Crippen LogP contribution in [0.15, 0.2) is 0 Å². The maximum atomic E-state index is 10.3. The van der Waals surface area contributed by atoms with Crippen molar-refractivity contribution in [3.8, 4) is 0 Å². The van der Waals surface area contributed by atoms with E-state index in [2.05, 4.69) is 4.74 Å². The molecule has 0 aromatic rings. The molecule has 0 aliphatic rings. The molecule has 50 valence electrons. The van der Waals surface area contributed by atoms with Gasteiger partial charge in [0.05, 0.1) is 5.92 Å². The molecule has 0 saturated carbocycles. The summed E-state index contributed by atoms with van der Waals surface area (Å²) < 4.78 is 3.98. The molecule has 0 rings (SSSR count). The molecular weight excluding hydrogens is 170 g/mol. The van der Waals surface area contributed by atoms with Gasteiger partial charge in [0.25, 0.3) is 0 Å². The van der Waals surface area contributed by atoms with E-state index < -0.39 is 5.97 Å². The molecule has 0 aliphatic carbocycles. The Hall–Kier alpha value is 1.78. The van der Waals surface area contributed by atoms with Gasteiger partial charge in [-0.15, -0.1) is 0 Å². The van der Waals surface area contributed by atoms with Crippen molar-refractivity contribution >= 4 is 93.4 Å². The molecule has 0 fully saturated rings. The van der Waals surface area contributed by atoms with Crippen molar-refractivity contribution in [3.05, 3.63) is 0 Å². The summed E-state index contributed by atoms with van der Waals surface area (Å²) in [5.41, 5.74) is 0. The predicted octanol–water partition coefficient (Wildman–Crippen LogP) is -0.955. The van der Waals surface area contributed by atoms with E-state index in [9.17, 15) is 9.59 Å². The second-order valence-electron chi connectivity index (χ2n) is 1.69. The Balaban J connectivity index is -0.000000245. The van der Waals surface area contributed by atoms with E-state index in [1.54, 1.807) is 13.8 Å². The van der Waals surface area contributed by atoms with E-state index in [1.807, 2.05) is 0 Å². The van der Waals surface area contributed by atoms with Gasteiger partial charge in [0, 0.05) is 0 Å². The summed E-state index contributed by atoms with van der Waals surface area (Å²) in [6.45, 7) is 3.46. The summed E-state index contributed by atoms with van der Waals surface area (Å²) in [7, 11) is 0. The van der Waals surface area contributed by atoms with Crippen LogP contribution in [0.4, 0.5) is 0 Å². The predicted molar refractivity (Wildman–Crippen MR) is 41.3 cm³/mol. The first-order valence-electron chi connectivity index (χ1n) is 2.32. The Bertz CT molecular complexity index is 105. The van der Waals surface area contributed by atoms with Crippen LogP contribution in [0, 0.1) is 5.92 Å². The molecular formula is C5H10KNaO3. The average molecular weight is 180 g/mol. The minimum absolute atomic E-state index is 0. The molecule has 0 atom stereocenters. The van der Waals surface area contributed by atoms with Crippen molar-refractivity contribution in [2.45, 2.75) is 13.8 Å². The monoisotopic (exact) mass is 180 g/mol. The van der Waals surface area contributed by atoms with Gasteiger partial charge < -0.3 is 4.74 Å². The van der Waals surface area contributed by atoms with Gasteiger partial charge in [-0.25, -0.2) is 0 Å². The Morgan fingerprint density at radius 2 is 1.90 bits per heavy atom. The van der Waals surface area contributed by atoms with Gasteiger partial charge in [0.15, 0.2) is 0 Å². The van der Waals surface area contributed by atoms with Gasteiger partial charge in [0.1, 0.15) is 0 Å². The van der Waals surface area contributed by atoms with Crippen LogP contribution in [0.5, 0.6) is 0 Å². The van der Waals surface area contributed by atoms with Crippen LogP contribution in [0.1, 0.15) is 13.8 Å². The third-order valence-electron chi connectivity index (χ3n) is 0.636. The molecule has 3 nitrogen and oxygen atoms in total. The van der Waals surface area contributed by atoms with Crippen LogP contribution in [0.2, 0.25) is 0 Å². The third kappa shape index (κ3) is 9.78. The van der Waals surface area contributed by atoms with E-state index >= 15 is 0 Å². The molecule has 0 bridgehead atoms. The fourth-order valence-electron chi connectivity index (χ4n) is 0.184. The van der Waals surface area contributed by atoms with Gasteiger partial charge in [-0.2, -0.15) is 0 Å². The Morgan fingerprint density at radius 1 is 1.50 bits per heavy atom. The average Bonchev–Trinajstić information content (AvgIpc) is 1.67. The van der Waals surface area contributed by atoms with Gasteiger partial charge in [-0.1, -0.05) is 13.8 Å². The van der Waals surface area contributed by atoms with Crippen LogP contribution >= 0.6 is 0 Å². The number of ether oxygens (including phenoxy) is 1. The molecule has 0 N–H and O–H groups in total. The Labute approximate surface area is 125 Å². The molecule has 0 aromatic carbocycles. The first-order chi connectivity index (χ1) is 3.68. The summed E-state index contributed by atoms with van der Waals surface area (Å²) in [5, 5.41) is 0. The number of carbonyl (C=O) groups is 2. The standard InChI is InChI=1S/C5H8O3.K.Na.2H/c1-4(2)5(7)8-3-6;;;;/h3-4H,1-2H3;;;;. The molecule has 0 heterocycles. The summed E-state index contributed by atoms with van der Waals surface area (Å²) in [4.78, 5) is 19.8. The number of esters is 1. The SMILES string of the molecule is CC(C)C(=O)OC=O.[KH].[NaH]. The third-order valence-corrected chi connectivity index (χ3v) is 0.636. The maximum absolute atomic E-state index is 10.3. The molecule has 0 saturated heterocycles. The van der Waals surface area contributed by atoms with Crippen molar-refractivity contribution in [2.75, 3.05) is 0 Å². The molecule has 5 heteroatoms. The summed E-state index contributed by atoms with van der Waals surface area (Å²) in [6, 6.07) is 0. The summed E-state index contributed by atoms with van der Waals surface area (Å²) in [6.07, 6.45) is 0. The Morgan fingerprint density at radius 3 is 2.00 bits per heavy atom. The van der Waals surface area contributed by atoms with Gasteiger partial charge >= 0.3 is 93.4 Å². The van der Waals surface area contributed by atoms with Crippen molar-refractivity contribution in [2.24, 2.45) is 5.92 Å². The van der Waals surface area contributed by atoms with E-state index in [1.165, 1.54) is 0 Å². The summed E-state index contributed by atoms with van der Waals surface area (Å²) >= 11 is 0. The molecule has 0 spiro atoms. The second-order valence-corrected chi connectivity index (χ2v) is 1.69. The van der Waals surface area contributed by atoms with Crippen LogP contribution in [0.3, 0.4) is 0 Å². The van der Waals surface area contributed by atoms with Crippen LogP contribution in [-0.2, 0) is 14.3 Å². The quantitative estimate of drug-likeness (QED) is 0.238. The van der Waals surface area contributed by atoms with Gasteiger partial charge in [0.2, 0.25) is 0 Å². The van der Waals surface area contributed by atoms with E-state index in [0.29, 0.717) is 0 Å². The second kappa shape index (κ2) is 10.8. The Kier molecular flexibility index (Phi) is 19.1. The minimum atomic E-state index is -0.486. The number of hydrogen-bond acceptors (Lipinski definition) is 3. The first-order valence-corrected chi connectivity index (χ1v) is 2.32. The van der Waals surface area contributed by atoms with Crippen molar-refractivity contribution < 1.29 is 14.3 Å². The molecule has 0 amide bonds. The van der Waals surface area contributed by atoms with E-state index in [-0.39, 0.29) is 93.3 Å². The van der Waals surface area contributed by atoms with Crippen molar-refractivity contribution in [1.29, 1.82) is 0 Å². The molecule has 0 aromatic heterocycles. The first kappa shape index (κ1) is 17.8. The number of carbonyl (C=O) groups excluding carboxylic acids is 2. The fourth-order valence-corrected chi connectivity index (χ4v) is 0.184. The number of rotatable bonds is 2. The van der Waals surface area contributed by atoms with Crippen molar-refractivity contribution in [3.63, 3.8) is 0 Å². The zero-order chi connectivity index (χ0) is 6.57. The van der Waals surface area contributed by atoms with Crippen molar-refractivity contribution in [1.82, 2.24) is 0 Å². The van der Waals surface area contributed by atoms with Crippen LogP contribution < -0.4 is 0 Å². The van der Waals surface area contributed by atoms with Gasteiger partial charge in [-0.3, -0.25) is 9.59 Å². The summed E-state index contributed by atoms with van der Waals surface area (Å²) in [5.74, 6) is -0.708. The van der Waals surface area contributed by atoms with E-state index in [4.69, 9.17) is 0 Å². The number of hydrogen-bond donors (Lipinski definition) is 0. The molecule has 0 unspecified atom stereocenters. The van der Waals surface area contributed by atoms with Gasteiger partial charge in [-0.05, 0) is 0 Å². The molecule has 10 heavy (non-hydrogen) atoms. The molecule has 0 aliphatic heterocycles. The fraction of sp³-hybridized carbons (Fsp3) is 0.600.